The van der Waals surface area contributed by atoms with Gasteiger partial charge in [-0.25, -0.2) is 0 Å². The van der Waals surface area contributed by atoms with E-state index in [-0.39, 0.29) is 0 Å². The largest absolute Gasteiger partial charge is 0.499 e. The molecule has 1 rings (SSSR count). The molecule has 0 amide bonds. The van der Waals surface area contributed by atoms with Gasteiger partial charge in [-0.05, 0) is 12.1 Å². The summed E-state index contributed by atoms with van der Waals surface area (Å²) < 4.78 is 265. The Morgan fingerprint density at radius 1 is 0.316 bits per heavy atom. The third-order valence-electron chi connectivity index (χ3n) is 3.30. The summed E-state index contributed by atoms with van der Waals surface area (Å²) in [4.78, 5) is 0. The number of alkyl halides is 20. The Bertz CT molecular complexity index is 907. The monoisotopic (exact) mass is 614 g/mol. The van der Waals surface area contributed by atoms with E-state index in [2.05, 4.69) is 18.9 Å². The SMILES string of the molecule is FC(F)(F)C(F)(F)Oc1ccc(OC(F)(F)C(F)(F)F)c(OC(F)(F)C(F)(F)F)c1OC(F)(F)C(F)(F)F. The fourth-order valence-electron chi connectivity index (χ4n) is 1.64. The number of ether oxygens (including phenoxy) is 4. The minimum atomic E-state index is -7.13. The van der Waals surface area contributed by atoms with E-state index in [0.29, 0.717) is 0 Å². The highest BCUT2D eigenvalue weighted by molar-refractivity contribution is 5.59. The Hall–Kier alpha value is -2.98. The van der Waals surface area contributed by atoms with Crippen molar-refractivity contribution in [2.45, 2.75) is 49.1 Å². The minimum Gasteiger partial charge on any atom is -0.422 e. The van der Waals surface area contributed by atoms with Crippen LogP contribution in [0.25, 0.3) is 0 Å². The summed E-state index contributed by atoms with van der Waals surface area (Å²) in [6.45, 7) is 0. The first-order valence-electron chi connectivity index (χ1n) is 8.07. The lowest BCUT2D eigenvalue weighted by Gasteiger charge is -2.29. The maximum absolute atomic E-state index is 13.3. The van der Waals surface area contributed by atoms with Gasteiger partial charge in [0, 0.05) is 0 Å². The first-order chi connectivity index (χ1) is 16.4. The van der Waals surface area contributed by atoms with Crippen LogP contribution in [0.15, 0.2) is 12.1 Å². The summed E-state index contributed by atoms with van der Waals surface area (Å²) in [5, 5.41) is 0. The second-order valence-corrected chi connectivity index (χ2v) is 6.19. The molecule has 0 heterocycles. The van der Waals surface area contributed by atoms with Crippen molar-refractivity contribution in [3.8, 4) is 23.0 Å². The van der Waals surface area contributed by atoms with E-state index in [1.54, 1.807) is 0 Å². The van der Waals surface area contributed by atoms with Crippen molar-refractivity contribution >= 4 is 0 Å². The quantitative estimate of drug-likeness (QED) is 0.280. The van der Waals surface area contributed by atoms with E-state index in [1.165, 1.54) is 0 Å². The number of rotatable bonds is 8. The Balaban J connectivity index is 4.09. The highest BCUT2D eigenvalue weighted by atomic mass is 19.4. The van der Waals surface area contributed by atoms with E-state index in [9.17, 15) is 87.8 Å². The molecule has 1 aromatic carbocycles. The molecular formula is C14H2F20O4. The van der Waals surface area contributed by atoms with Crippen LogP contribution in [-0.4, -0.2) is 49.1 Å². The zero-order valence-electron chi connectivity index (χ0n) is 16.3. The van der Waals surface area contributed by atoms with Gasteiger partial charge in [0.05, 0.1) is 0 Å². The molecule has 222 valence electrons. The van der Waals surface area contributed by atoms with E-state index < -0.39 is 84.3 Å². The van der Waals surface area contributed by atoms with Crippen LogP contribution >= 0.6 is 0 Å². The third-order valence-corrected chi connectivity index (χ3v) is 3.30. The normalized spacial score (nSPS) is 14.8. The standard InChI is InChI=1S/C14H2F20O4/c15-7(16,17)11(27,28)35-3-1-2-4(36-12(29,30)8(18,19)20)6(38-14(33,34)10(24,25)26)5(3)37-13(31,32)9(21,22)23/h1-2H. The average molecular weight is 614 g/mol. The molecule has 0 N–H and O–H groups in total. The maximum atomic E-state index is 13.3. The topological polar surface area (TPSA) is 36.9 Å². The molecule has 0 bridgehead atoms. The zero-order chi connectivity index (χ0) is 30.6. The van der Waals surface area contributed by atoms with Crippen LogP contribution in [0.3, 0.4) is 0 Å². The van der Waals surface area contributed by atoms with Gasteiger partial charge in [0.15, 0.2) is 11.5 Å². The number of halogens is 20. The van der Waals surface area contributed by atoms with Crippen molar-refractivity contribution in [2.75, 3.05) is 0 Å². The second kappa shape index (κ2) is 9.34. The highest BCUT2D eigenvalue weighted by Crippen LogP contribution is 2.54. The molecule has 0 spiro atoms. The summed E-state index contributed by atoms with van der Waals surface area (Å²) in [6, 6.07) is -1.86. The first-order valence-corrected chi connectivity index (χ1v) is 8.07. The Labute approximate surface area is 192 Å². The molecule has 0 aliphatic carbocycles. The summed E-state index contributed by atoms with van der Waals surface area (Å²) in [7, 11) is 0. The lowest BCUT2D eigenvalue weighted by atomic mass is 10.2. The van der Waals surface area contributed by atoms with E-state index in [1.807, 2.05) is 0 Å². The van der Waals surface area contributed by atoms with Gasteiger partial charge >= 0.3 is 49.1 Å². The molecule has 0 saturated heterocycles. The van der Waals surface area contributed by atoms with Gasteiger partial charge < -0.3 is 18.9 Å². The van der Waals surface area contributed by atoms with Gasteiger partial charge in [-0.2, -0.15) is 87.8 Å². The fourth-order valence-corrected chi connectivity index (χ4v) is 1.64. The van der Waals surface area contributed by atoms with Gasteiger partial charge in [0.25, 0.3) is 0 Å². The molecule has 0 fully saturated rings. The first kappa shape index (κ1) is 33.0. The lowest BCUT2D eigenvalue weighted by Crippen LogP contribution is -2.45. The van der Waals surface area contributed by atoms with Crippen LogP contribution in [0, 0.1) is 0 Å². The summed E-state index contributed by atoms with van der Waals surface area (Å²) in [6.07, 6.45) is -55.6. The molecular weight excluding hydrogens is 612 g/mol. The molecule has 0 saturated carbocycles. The van der Waals surface area contributed by atoms with Crippen molar-refractivity contribution in [3.05, 3.63) is 12.1 Å². The van der Waals surface area contributed by atoms with Crippen LogP contribution in [0.5, 0.6) is 23.0 Å². The lowest BCUT2D eigenvalue weighted by molar-refractivity contribution is -0.373. The predicted molar refractivity (Wildman–Crippen MR) is 73.0 cm³/mol. The molecule has 0 atom stereocenters. The van der Waals surface area contributed by atoms with Gasteiger partial charge in [-0.15, -0.1) is 0 Å². The molecule has 0 radical (unpaired) electrons. The molecule has 1 aromatic rings. The Morgan fingerprint density at radius 2 is 0.500 bits per heavy atom. The molecule has 0 aliphatic rings. The zero-order valence-corrected chi connectivity index (χ0v) is 16.3. The third kappa shape index (κ3) is 6.91. The molecule has 4 nitrogen and oxygen atoms in total. The summed E-state index contributed by atoms with van der Waals surface area (Å²) in [5.41, 5.74) is 0. The van der Waals surface area contributed by atoms with Crippen LogP contribution in [-0.2, 0) is 0 Å². The van der Waals surface area contributed by atoms with Crippen LogP contribution in [0.1, 0.15) is 0 Å². The fraction of sp³-hybridized carbons (Fsp3) is 0.571. The molecule has 0 unspecified atom stereocenters. The van der Waals surface area contributed by atoms with Crippen LogP contribution < -0.4 is 18.9 Å². The smallest absolute Gasteiger partial charge is 0.422 e. The van der Waals surface area contributed by atoms with E-state index in [4.69, 9.17) is 0 Å². The Kier molecular flexibility index (Phi) is 8.12. The van der Waals surface area contributed by atoms with Crippen molar-refractivity contribution < 1.29 is 107 Å². The van der Waals surface area contributed by atoms with Gasteiger partial charge in [-0.3, -0.25) is 0 Å². The van der Waals surface area contributed by atoms with Crippen LogP contribution in [0.4, 0.5) is 87.8 Å². The second-order valence-electron chi connectivity index (χ2n) is 6.19. The number of hydrogen-bond acceptors (Lipinski definition) is 4. The number of benzene rings is 1. The minimum absolute atomic E-state index is 0.929. The maximum Gasteiger partial charge on any atom is 0.499 e. The van der Waals surface area contributed by atoms with Gasteiger partial charge in [0.2, 0.25) is 11.5 Å². The van der Waals surface area contributed by atoms with Crippen LogP contribution in [0.2, 0.25) is 0 Å². The van der Waals surface area contributed by atoms with E-state index >= 15 is 0 Å². The average Bonchev–Trinajstić information content (AvgIpc) is 2.62. The predicted octanol–water partition coefficient (Wildman–Crippen LogP) is 7.82. The molecule has 0 aliphatic heterocycles. The van der Waals surface area contributed by atoms with Crippen molar-refractivity contribution in [1.82, 2.24) is 0 Å². The molecule has 24 heteroatoms. The van der Waals surface area contributed by atoms with Crippen molar-refractivity contribution in [3.63, 3.8) is 0 Å². The van der Waals surface area contributed by atoms with Gasteiger partial charge in [0.1, 0.15) is 0 Å². The van der Waals surface area contributed by atoms with Crippen molar-refractivity contribution in [2.24, 2.45) is 0 Å². The molecule has 0 aromatic heterocycles. The summed E-state index contributed by atoms with van der Waals surface area (Å²) >= 11 is 0. The van der Waals surface area contributed by atoms with E-state index in [0.717, 1.165) is 0 Å². The molecule has 38 heavy (non-hydrogen) atoms. The number of hydrogen-bond donors (Lipinski definition) is 0. The highest BCUT2D eigenvalue weighted by Gasteiger charge is 2.66. The Morgan fingerprint density at radius 3 is 0.684 bits per heavy atom. The summed E-state index contributed by atoms with van der Waals surface area (Å²) in [5.74, 6) is -13.1. The van der Waals surface area contributed by atoms with Crippen molar-refractivity contribution in [1.29, 1.82) is 0 Å². The van der Waals surface area contributed by atoms with Gasteiger partial charge in [-0.1, -0.05) is 0 Å².